The van der Waals surface area contributed by atoms with Gasteiger partial charge in [0.25, 0.3) is 0 Å². The van der Waals surface area contributed by atoms with Gasteiger partial charge in [0.15, 0.2) is 0 Å². The third kappa shape index (κ3) is 2.32. The Morgan fingerprint density at radius 1 is 0.500 bits per heavy atom. The second-order valence-corrected chi connectivity index (χ2v) is 7.97. The first-order valence-corrected chi connectivity index (χ1v) is 10.7. The second kappa shape index (κ2) is 6.53. The van der Waals surface area contributed by atoms with Crippen LogP contribution in [0.4, 0.5) is 0 Å². The van der Waals surface area contributed by atoms with Gasteiger partial charge >= 0.3 is 0 Å². The maximum absolute atomic E-state index is 5.29. The van der Waals surface area contributed by atoms with Crippen LogP contribution >= 0.6 is 0 Å². The van der Waals surface area contributed by atoms with Crippen molar-refractivity contribution in [1.82, 2.24) is 19.1 Å². The molecule has 0 spiro atoms. The molecule has 0 amide bonds. The lowest BCUT2D eigenvalue weighted by atomic mass is 10.2. The first-order valence-electron chi connectivity index (χ1n) is 10.7. The zero-order chi connectivity index (χ0) is 21.1. The van der Waals surface area contributed by atoms with Crippen molar-refractivity contribution in [2.45, 2.75) is 0 Å². The lowest BCUT2D eigenvalue weighted by molar-refractivity contribution is 1.13. The Hall–Kier alpha value is -4.44. The predicted octanol–water partition coefficient (Wildman–Crippen LogP) is 6.67. The number of para-hydroxylation sites is 3. The fourth-order valence-electron chi connectivity index (χ4n) is 4.85. The maximum atomic E-state index is 5.29. The van der Waals surface area contributed by atoms with Gasteiger partial charge in [-0.05, 0) is 42.5 Å². The maximum Gasteiger partial charge on any atom is 0.146 e. The molecule has 0 atom stereocenters. The van der Waals surface area contributed by atoms with E-state index in [4.69, 9.17) is 4.98 Å². The third-order valence-electron chi connectivity index (χ3n) is 6.21. The first-order chi connectivity index (χ1) is 15.9. The zero-order valence-corrected chi connectivity index (χ0v) is 17.2. The van der Waals surface area contributed by atoms with Crippen molar-refractivity contribution >= 4 is 43.9 Å². The summed E-state index contributed by atoms with van der Waals surface area (Å²) in [6.45, 7) is 0. The number of benzene rings is 3. The summed E-state index contributed by atoms with van der Waals surface area (Å²) in [6, 6.07) is 33.9. The number of pyridine rings is 2. The van der Waals surface area contributed by atoms with Gasteiger partial charge in [-0.25, -0.2) is 4.98 Å². The molecule has 3 aromatic carbocycles. The summed E-state index contributed by atoms with van der Waals surface area (Å²) in [5.74, 6) is 0. The highest BCUT2D eigenvalue weighted by Gasteiger charge is 2.19. The van der Waals surface area contributed by atoms with Gasteiger partial charge < -0.3 is 4.57 Å². The van der Waals surface area contributed by atoms with Gasteiger partial charge in [0, 0.05) is 34.2 Å². The molecule has 0 saturated heterocycles. The van der Waals surface area contributed by atoms with Crippen molar-refractivity contribution < 1.29 is 0 Å². The van der Waals surface area contributed by atoms with Crippen molar-refractivity contribution in [3.05, 3.63) is 109 Å². The topological polar surface area (TPSA) is 35.6 Å². The summed E-state index contributed by atoms with van der Waals surface area (Å²) in [5, 5.41) is 3.49. The number of rotatable bonds is 2. The summed E-state index contributed by atoms with van der Waals surface area (Å²) < 4.78 is 4.55. The van der Waals surface area contributed by atoms with E-state index in [1.54, 1.807) is 0 Å². The van der Waals surface area contributed by atoms with E-state index >= 15 is 0 Å². The monoisotopic (exact) mass is 410 g/mol. The van der Waals surface area contributed by atoms with Gasteiger partial charge in [0.05, 0.1) is 27.8 Å². The van der Waals surface area contributed by atoms with E-state index < -0.39 is 0 Å². The summed E-state index contributed by atoms with van der Waals surface area (Å²) in [7, 11) is 0. The van der Waals surface area contributed by atoms with Gasteiger partial charge in [-0.3, -0.25) is 9.55 Å². The van der Waals surface area contributed by atoms with Gasteiger partial charge in [-0.1, -0.05) is 54.6 Å². The Labute approximate surface area is 184 Å². The van der Waals surface area contributed by atoms with E-state index in [9.17, 15) is 0 Å². The Kier molecular flexibility index (Phi) is 3.52. The van der Waals surface area contributed by atoms with Crippen LogP contribution in [0.3, 0.4) is 0 Å². The SMILES string of the molecule is c1ccc(-n2c3ccccc3c3nc4c(cc32)c2ccccc2n4-c2ccncc2)cc1. The first kappa shape index (κ1) is 17.3. The van der Waals surface area contributed by atoms with Gasteiger partial charge in [0.1, 0.15) is 5.65 Å². The second-order valence-electron chi connectivity index (χ2n) is 7.97. The Balaban J connectivity index is 1.71. The van der Waals surface area contributed by atoms with Crippen molar-refractivity contribution in [2.24, 2.45) is 0 Å². The van der Waals surface area contributed by atoms with Crippen LogP contribution < -0.4 is 0 Å². The van der Waals surface area contributed by atoms with Crippen molar-refractivity contribution in [2.75, 3.05) is 0 Å². The van der Waals surface area contributed by atoms with Crippen LogP contribution in [-0.2, 0) is 0 Å². The molecule has 0 saturated carbocycles. The van der Waals surface area contributed by atoms with Crippen LogP contribution in [0, 0.1) is 0 Å². The van der Waals surface area contributed by atoms with Crippen LogP contribution in [0.5, 0.6) is 0 Å². The number of nitrogens with zero attached hydrogens (tertiary/aromatic N) is 4. The number of fused-ring (bicyclic) bond motifs is 6. The van der Waals surface area contributed by atoms with Crippen molar-refractivity contribution in [3.8, 4) is 11.4 Å². The van der Waals surface area contributed by atoms with E-state index in [0.717, 1.165) is 49.9 Å². The molecule has 0 aliphatic carbocycles. The molecular formula is C28H18N4. The molecule has 150 valence electrons. The molecule has 0 aliphatic rings. The number of hydrogen-bond donors (Lipinski definition) is 0. The van der Waals surface area contributed by atoms with E-state index in [-0.39, 0.29) is 0 Å². The van der Waals surface area contributed by atoms with Crippen LogP contribution in [0.25, 0.3) is 55.2 Å². The van der Waals surface area contributed by atoms with Crippen molar-refractivity contribution in [1.29, 1.82) is 0 Å². The Morgan fingerprint density at radius 3 is 1.91 bits per heavy atom. The van der Waals surface area contributed by atoms with E-state index in [0.29, 0.717) is 0 Å². The lowest BCUT2D eigenvalue weighted by Crippen LogP contribution is -1.96. The molecule has 0 unspecified atom stereocenters. The molecular weight excluding hydrogens is 392 g/mol. The molecule has 4 heteroatoms. The number of aromatic nitrogens is 4. The highest BCUT2D eigenvalue weighted by Crippen LogP contribution is 2.37. The standard InChI is InChI=1S/C28H18N4/c1-2-8-19(9-3-1)31-25-13-7-5-11-22(25)27-26(31)18-23-21-10-4-6-12-24(21)32(28(23)30-27)20-14-16-29-17-15-20/h1-18H. The Morgan fingerprint density at radius 2 is 1.12 bits per heavy atom. The fourth-order valence-corrected chi connectivity index (χ4v) is 4.85. The zero-order valence-electron chi connectivity index (χ0n) is 17.2. The lowest BCUT2D eigenvalue weighted by Gasteiger charge is -2.08. The summed E-state index contributed by atoms with van der Waals surface area (Å²) in [6.07, 6.45) is 3.66. The molecule has 0 aliphatic heterocycles. The molecule has 7 aromatic rings. The van der Waals surface area contributed by atoms with Crippen molar-refractivity contribution in [3.63, 3.8) is 0 Å². The average Bonchev–Trinajstić information content (AvgIpc) is 3.36. The normalized spacial score (nSPS) is 11.8. The third-order valence-corrected chi connectivity index (χ3v) is 6.21. The van der Waals surface area contributed by atoms with Crippen LogP contribution in [0.2, 0.25) is 0 Å². The molecule has 4 aromatic heterocycles. The summed E-state index contributed by atoms with van der Waals surface area (Å²) in [5.41, 5.74) is 7.58. The highest BCUT2D eigenvalue weighted by molar-refractivity contribution is 6.15. The molecule has 32 heavy (non-hydrogen) atoms. The smallest absolute Gasteiger partial charge is 0.146 e. The van der Waals surface area contributed by atoms with Gasteiger partial charge in [-0.2, -0.15) is 0 Å². The largest absolute Gasteiger partial charge is 0.308 e. The number of hydrogen-bond acceptors (Lipinski definition) is 2. The van der Waals surface area contributed by atoms with Gasteiger partial charge in [-0.15, -0.1) is 0 Å². The highest BCUT2D eigenvalue weighted by atomic mass is 15.1. The van der Waals surface area contributed by atoms with E-state index in [1.807, 2.05) is 24.5 Å². The minimum atomic E-state index is 0.959. The minimum Gasteiger partial charge on any atom is -0.308 e. The molecule has 4 nitrogen and oxygen atoms in total. The average molecular weight is 410 g/mol. The van der Waals surface area contributed by atoms with E-state index in [1.165, 1.54) is 5.39 Å². The molecule has 4 heterocycles. The molecule has 0 fully saturated rings. The molecule has 0 bridgehead atoms. The molecule has 0 radical (unpaired) electrons. The van der Waals surface area contributed by atoms with Crippen LogP contribution in [-0.4, -0.2) is 19.1 Å². The van der Waals surface area contributed by atoms with Crippen LogP contribution in [0.15, 0.2) is 109 Å². The molecule has 7 rings (SSSR count). The minimum absolute atomic E-state index is 0.959. The van der Waals surface area contributed by atoms with Crippen LogP contribution in [0.1, 0.15) is 0 Å². The summed E-state index contributed by atoms with van der Waals surface area (Å²) >= 11 is 0. The van der Waals surface area contributed by atoms with E-state index in [2.05, 4.69) is 99.0 Å². The summed E-state index contributed by atoms with van der Waals surface area (Å²) in [4.78, 5) is 9.49. The van der Waals surface area contributed by atoms with Gasteiger partial charge in [0.2, 0.25) is 0 Å². The predicted molar refractivity (Wildman–Crippen MR) is 131 cm³/mol. The Bertz CT molecular complexity index is 1630. The quantitative estimate of drug-likeness (QED) is 0.319. The fraction of sp³-hybridized carbons (Fsp3) is 0. The molecule has 0 N–H and O–H groups in total.